The van der Waals surface area contributed by atoms with E-state index in [9.17, 15) is 9.59 Å². The number of rotatable bonds is 4. The number of carbonyl (C=O) groups is 2. The Balaban J connectivity index is 1.99. The van der Waals surface area contributed by atoms with Gasteiger partial charge in [0.1, 0.15) is 6.10 Å². The van der Waals surface area contributed by atoms with Crippen LogP contribution in [-0.2, 0) is 9.53 Å². The summed E-state index contributed by atoms with van der Waals surface area (Å²) < 4.78 is 7.08. The van der Waals surface area contributed by atoms with Crippen molar-refractivity contribution in [1.82, 2.24) is 9.55 Å². The fourth-order valence-corrected chi connectivity index (χ4v) is 2.48. The molecule has 0 spiro atoms. The van der Waals surface area contributed by atoms with Gasteiger partial charge in [0.25, 0.3) is 11.8 Å². The zero-order valence-corrected chi connectivity index (χ0v) is 11.9. The molecule has 3 N–H and O–H groups in total. The minimum absolute atomic E-state index is 0.248. The van der Waals surface area contributed by atoms with Gasteiger partial charge in [-0.3, -0.25) is 9.59 Å². The van der Waals surface area contributed by atoms with Gasteiger partial charge in [0.15, 0.2) is 0 Å². The monoisotopic (exact) mass is 300 g/mol. The minimum atomic E-state index is -0.607. The fourth-order valence-electron chi connectivity index (χ4n) is 2.48. The molecule has 1 aliphatic rings. The maximum Gasteiger partial charge on any atom is 0.253 e. The fraction of sp³-hybridized carbons (Fsp3) is 0.267. The van der Waals surface area contributed by atoms with Crippen LogP contribution in [0.3, 0.4) is 0 Å². The molecule has 2 aromatic rings. The Bertz CT molecular complexity index is 691. The zero-order valence-electron chi connectivity index (χ0n) is 11.9. The molecule has 22 heavy (non-hydrogen) atoms. The van der Waals surface area contributed by atoms with Gasteiger partial charge in [-0.1, -0.05) is 6.07 Å². The largest absolute Gasteiger partial charge is 0.368 e. The molecule has 1 aromatic carbocycles. The second-order valence-electron chi connectivity index (χ2n) is 5.02. The van der Waals surface area contributed by atoms with Crippen molar-refractivity contribution in [2.24, 2.45) is 5.73 Å². The number of amides is 2. The lowest BCUT2D eigenvalue weighted by Crippen LogP contribution is -2.29. The molecule has 1 atom stereocenters. The lowest BCUT2D eigenvalue weighted by Gasteiger charge is -2.16. The normalized spacial score (nSPS) is 17.4. The maximum absolute atomic E-state index is 12.3. The Labute approximate surface area is 127 Å². The summed E-state index contributed by atoms with van der Waals surface area (Å²) in [5.74, 6) is -0.878. The first-order valence-electron chi connectivity index (χ1n) is 7.00. The number of nitrogens with two attached hydrogens (primary N) is 1. The van der Waals surface area contributed by atoms with Gasteiger partial charge >= 0.3 is 0 Å². The average Bonchev–Trinajstić information content (AvgIpc) is 3.20. The number of primary amides is 1. The van der Waals surface area contributed by atoms with Crippen LogP contribution in [0, 0.1) is 0 Å². The van der Waals surface area contributed by atoms with Crippen molar-refractivity contribution in [1.29, 1.82) is 0 Å². The summed E-state index contributed by atoms with van der Waals surface area (Å²) in [4.78, 5) is 27.9. The smallest absolute Gasteiger partial charge is 0.253 e. The van der Waals surface area contributed by atoms with E-state index < -0.39 is 12.0 Å². The summed E-state index contributed by atoms with van der Waals surface area (Å²) in [7, 11) is 0. The van der Waals surface area contributed by atoms with Crippen LogP contribution in [0.5, 0.6) is 0 Å². The van der Waals surface area contributed by atoms with Crippen LogP contribution in [0.1, 0.15) is 23.2 Å². The second kappa shape index (κ2) is 5.98. The second-order valence-corrected chi connectivity index (χ2v) is 5.02. The Morgan fingerprint density at radius 2 is 2.27 bits per heavy atom. The van der Waals surface area contributed by atoms with Crippen molar-refractivity contribution >= 4 is 17.5 Å². The van der Waals surface area contributed by atoms with E-state index in [0.29, 0.717) is 24.4 Å². The summed E-state index contributed by atoms with van der Waals surface area (Å²) in [5.41, 5.74) is 6.66. The van der Waals surface area contributed by atoms with Crippen LogP contribution in [0.2, 0.25) is 0 Å². The molecule has 1 saturated heterocycles. The lowest BCUT2D eigenvalue weighted by molar-refractivity contribution is -0.124. The summed E-state index contributed by atoms with van der Waals surface area (Å²) in [6, 6.07) is 5.06. The highest BCUT2D eigenvalue weighted by molar-refractivity contribution is 6.06. The third kappa shape index (κ3) is 2.71. The molecule has 7 heteroatoms. The van der Waals surface area contributed by atoms with E-state index in [-0.39, 0.29) is 11.5 Å². The molecule has 0 saturated carbocycles. The highest BCUT2D eigenvalue weighted by Crippen LogP contribution is 2.26. The lowest BCUT2D eigenvalue weighted by atomic mass is 10.1. The number of anilines is 1. The number of hydrogen-bond donors (Lipinski definition) is 2. The predicted molar refractivity (Wildman–Crippen MR) is 79.7 cm³/mol. The minimum Gasteiger partial charge on any atom is -0.368 e. The molecular weight excluding hydrogens is 284 g/mol. The van der Waals surface area contributed by atoms with Crippen molar-refractivity contribution in [3.63, 3.8) is 0 Å². The van der Waals surface area contributed by atoms with E-state index in [4.69, 9.17) is 10.5 Å². The Kier molecular flexibility index (Phi) is 3.88. The van der Waals surface area contributed by atoms with Gasteiger partial charge in [-0.05, 0) is 25.0 Å². The Morgan fingerprint density at radius 1 is 1.41 bits per heavy atom. The van der Waals surface area contributed by atoms with E-state index in [0.717, 1.165) is 6.42 Å². The van der Waals surface area contributed by atoms with Gasteiger partial charge in [0.2, 0.25) is 0 Å². The van der Waals surface area contributed by atoms with E-state index in [1.165, 1.54) is 0 Å². The van der Waals surface area contributed by atoms with Crippen molar-refractivity contribution in [3.8, 4) is 5.69 Å². The van der Waals surface area contributed by atoms with Crippen LogP contribution in [0.25, 0.3) is 5.69 Å². The highest BCUT2D eigenvalue weighted by atomic mass is 16.5. The first kappa shape index (κ1) is 14.3. The molecule has 1 aliphatic heterocycles. The topological polar surface area (TPSA) is 99.2 Å². The summed E-state index contributed by atoms with van der Waals surface area (Å²) >= 11 is 0. The van der Waals surface area contributed by atoms with Crippen LogP contribution < -0.4 is 11.1 Å². The molecule has 114 valence electrons. The predicted octanol–water partition coefficient (Wildman–Crippen LogP) is 1.09. The average molecular weight is 300 g/mol. The number of hydrogen-bond acceptors (Lipinski definition) is 4. The van der Waals surface area contributed by atoms with Gasteiger partial charge in [-0.15, -0.1) is 0 Å². The number of imidazole rings is 1. The van der Waals surface area contributed by atoms with E-state index in [1.54, 1.807) is 41.5 Å². The van der Waals surface area contributed by atoms with E-state index in [1.807, 2.05) is 0 Å². The number of aromatic nitrogens is 2. The molecule has 1 fully saturated rings. The number of nitrogens with one attached hydrogen (secondary N) is 1. The Morgan fingerprint density at radius 3 is 2.91 bits per heavy atom. The van der Waals surface area contributed by atoms with Crippen molar-refractivity contribution in [2.75, 3.05) is 11.9 Å². The van der Waals surface area contributed by atoms with Gasteiger partial charge in [0, 0.05) is 19.0 Å². The van der Waals surface area contributed by atoms with Crippen LogP contribution >= 0.6 is 0 Å². The maximum atomic E-state index is 12.3. The first-order chi connectivity index (χ1) is 10.7. The third-order valence-corrected chi connectivity index (χ3v) is 3.56. The van der Waals surface area contributed by atoms with Crippen LogP contribution in [0.15, 0.2) is 36.9 Å². The summed E-state index contributed by atoms with van der Waals surface area (Å²) in [6.07, 6.45) is 5.96. The number of carbonyl (C=O) groups excluding carboxylic acids is 2. The molecular formula is C15H16N4O3. The molecule has 3 rings (SSSR count). The molecule has 2 heterocycles. The molecule has 0 bridgehead atoms. The number of benzene rings is 1. The van der Waals surface area contributed by atoms with Gasteiger partial charge in [0.05, 0.1) is 23.3 Å². The highest BCUT2D eigenvalue weighted by Gasteiger charge is 2.25. The number of nitrogens with zero attached hydrogens (tertiary/aromatic N) is 2. The van der Waals surface area contributed by atoms with E-state index >= 15 is 0 Å². The van der Waals surface area contributed by atoms with Crippen LogP contribution in [-0.4, -0.2) is 34.1 Å². The third-order valence-electron chi connectivity index (χ3n) is 3.56. The summed E-state index contributed by atoms with van der Waals surface area (Å²) in [6.45, 7) is 0.573. The molecule has 0 aliphatic carbocycles. The molecule has 0 unspecified atom stereocenters. The molecule has 7 nitrogen and oxygen atoms in total. The SMILES string of the molecule is NC(=O)c1cccc(-n2ccnc2)c1NC(=O)[C@H]1CCCO1. The van der Waals surface area contributed by atoms with Gasteiger partial charge in [-0.2, -0.15) is 0 Å². The molecule has 0 radical (unpaired) electrons. The zero-order chi connectivity index (χ0) is 15.5. The first-order valence-corrected chi connectivity index (χ1v) is 7.00. The van der Waals surface area contributed by atoms with E-state index in [2.05, 4.69) is 10.3 Å². The number of ether oxygens (including phenoxy) is 1. The number of para-hydroxylation sites is 1. The Hall–Kier alpha value is -2.67. The van der Waals surface area contributed by atoms with Crippen molar-refractivity contribution in [3.05, 3.63) is 42.5 Å². The quantitative estimate of drug-likeness (QED) is 0.882. The van der Waals surface area contributed by atoms with Crippen molar-refractivity contribution < 1.29 is 14.3 Å². The standard InChI is InChI=1S/C15H16N4O3/c16-14(20)10-3-1-4-11(19-7-6-17-9-19)13(10)18-15(21)12-5-2-8-22-12/h1,3-4,6-7,9,12H,2,5,8H2,(H2,16,20)(H,18,21)/t12-/m1/s1. The van der Waals surface area contributed by atoms with Crippen LogP contribution in [0.4, 0.5) is 5.69 Å². The van der Waals surface area contributed by atoms with Gasteiger partial charge in [-0.25, -0.2) is 4.98 Å². The van der Waals surface area contributed by atoms with Crippen molar-refractivity contribution in [2.45, 2.75) is 18.9 Å². The molecule has 2 amide bonds. The van der Waals surface area contributed by atoms with Gasteiger partial charge < -0.3 is 20.4 Å². The summed E-state index contributed by atoms with van der Waals surface area (Å²) in [5, 5.41) is 2.78. The molecule has 1 aromatic heterocycles.